The van der Waals surface area contributed by atoms with Gasteiger partial charge in [0.15, 0.2) is 0 Å². The van der Waals surface area contributed by atoms with Gasteiger partial charge >= 0.3 is 11.9 Å². The van der Waals surface area contributed by atoms with Crippen molar-refractivity contribution in [3.05, 3.63) is 36.5 Å². The third-order valence-electron chi connectivity index (χ3n) is 7.58. The molecule has 0 aromatic heterocycles. The lowest BCUT2D eigenvalue weighted by Crippen LogP contribution is -2.60. The first-order valence-corrected chi connectivity index (χ1v) is 12.2. The fourth-order valence-electron chi connectivity index (χ4n) is 5.46. The van der Waals surface area contributed by atoms with Gasteiger partial charge in [0.25, 0.3) is 0 Å². The first-order chi connectivity index (χ1) is 15.2. The van der Waals surface area contributed by atoms with Gasteiger partial charge in [0, 0.05) is 24.0 Å². The molecule has 0 spiro atoms. The smallest absolute Gasteiger partial charge is 0.330 e. The van der Waals surface area contributed by atoms with E-state index in [0.29, 0.717) is 6.42 Å². The maximum absolute atomic E-state index is 12.5. The van der Waals surface area contributed by atoms with E-state index in [9.17, 15) is 14.7 Å². The molecule has 180 valence electrons. The standard InChI is InChI=1S/C27H42O5/c1-7-9-11-13-23(28)31-22-16-15-21-26(32-24(29)14-12-10-8-2)25(30)20(18(3)4)17-27(21,6)19(22)5/h11-14,19-22,25-26,30H,3,7-10,15-17H2,1-2,4-6H3. The van der Waals surface area contributed by atoms with Crippen molar-refractivity contribution in [3.8, 4) is 0 Å². The lowest BCUT2D eigenvalue weighted by molar-refractivity contribution is -0.199. The number of hydrogen-bond acceptors (Lipinski definition) is 5. The molecule has 0 bridgehead atoms. The van der Waals surface area contributed by atoms with Gasteiger partial charge in [-0.15, -0.1) is 0 Å². The van der Waals surface area contributed by atoms with Crippen molar-refractivity contribution in [2.45, 2.75) is 97.9 Å². The van der Waals surface area contributed by atoms with Gasteiger partial charge in [0.2, 0.25) is 0 Å². The lowest BCUT2D eigenvalue weighted by atomic mass is 9.51. The molecule has 2 rings (SSSR count). The molecule has 0 amide bonds. The summed E-state index contributed by atoms with van der Waals surface area (Å²) in [5.74, 6) is -0.814. The van der Waals surface area contributed by atoms with Crippen LogP contribution >= 0.6 is 0 Å². The van der Waals surface area contributed by atoms with Gasteiger partial charge in [0.05, 0.1) is 6.10 Å². The Morgan fingerprint density at radius 3 is 2.16 bits per heavy atom. The highest BCUT2D eigenvalue weighted by atomic mass is 16.6. The quantitative estimate of drug-likeness (QED) is 0.286. The lowest BCUT2D eigenvalue weighted by Gasteiger charge is -2.57. The van der Waals surface area contributed by atoms with Gasteiger partial charge in [-0.2, -0.15) is 0 Å². The van der Waals surface area contributed by atoms with Gasteiger partial charge in [0.1, 0.15) is 12.2 Å². The molecule has 2 saturated carbocycles. The van der Waals surface area contributed by atoms with Crippen molar-refractivity contribution in [2.75, 3.05) is 0 Å². The first-order valence-electron chi connectivity index (χ1n) is 12.2. The van der Waals surface area contributed by atoms with Crippen molar-refractivity contribution >= 4 is 11.9 Å². The second-order valence-electron chi connectivity index (χ2n) is 9.88. The summed E-state index contributed by atoms with van der Waals surface area (Å²) in [6.45, 7) is 14.4. The summed E-state index contributed by atoms with van der Waals surface area (Å²) >= 11 is 0. The molecule has 2 fully saturated rings. The van der Waals surface area contributed by atoms with Crippen molar-refractivity contribution in [1.82, 2.24) is 0 Å². The Morgan fingerprint density at radius 1 is 1.06 bits per heavy atom. The zero-order valence-electron chi connectivity index (χ0n) is 20.5. The van der Waals surface area contributed by atoms with Crippen LogP contribution in [0.4, 0.5) is 0 Å². The molecule has 1 N–H and O–H groups in total. The summed E-state index contributed by atoms with van der Waals surface area (Å²) in [6, 6.07) is 0. The normalized spacial score (nSPS) is 34.9. The Kier molecular flexibility index (Phi) is 9.75. The zero-order valence-corrected chi connectivity index (χ0v) is 20.5. The predicted octanol–water partition coefficient (Wildman–Crippen LogP) is 5.53. The van der Waals surface area contributed by atoms with Crippen LogP contribution in [0.15, 0.2) is 36.5 Å². The highest BCUT2D eigenvalue weighted by Crippen LogP contribution is 2.57. The number of allylic oxidation sites excluding steroid dienone is 2. The van der Waals surface area contributed by atoms with E-state index in [-0.39, 0.29) is 35.2 Å². The second kappa shape index (κ2) is 11.8. The van der Waals surface area contributed by atoms with E-state index < -0.39 is 18.2 Å². The molecule has 0 aliphatic heterocycles. The van der Waals surface area contributed by atoms with Gasteiger partial charge in [-0.3, -0.25) is 0 Å². The highest BCUT2D eigenvalue weighted by molar-refractivity contribution is 5.82. The number of aliphatic hydroxyl groups excluding tert-OH is 1. The number of unbranched alkanes of at least 4 members (excludes halogenated alkanes) is 2. The van der Waals surface area contributed by atoms with Crippen LogP contribution in [-0.4, -0.2) is 35.4 Å². The topological polar surface area (TPSA) is 72.8 Å². The molecule has 5 heteroatoms. The van der Waals surface area contributed by atoms with E-state index >= 15 is 0 Å². The van der Waals surface area contributed by atoms with Crippen LogP contribution in [0.5, 0.6) is 0 Å². The molecule has 7 unspecified atom stereocenters. The van der Waals surface area contributed by atoms with Crippen molar-refractivity contribution in [1.29, 1.82) is 0 Å². The van der Waals surface area contributed by atoms with Gasteiger partial charge in [-0.25, -0.2) is 9.59 Å². The van der Waals surface area contributed by atoms with Gasteiger partial charge in [-0.05, 0) is 50.4 Å². The van der Waals surface area contributed by atoms with E-state index in [0.717, 1.165) is 44.1 Å². The largest absolute Gasteiger partial charge is 0.459 e. The molecular formula is C27H42O5. The zero-order chi connectivity index (χ0) is 23.9. The Balaban J connectivity index is 2.23. The monoisotopic (exact) mass is 446 g/mol. The first kappa shape index (κ1) is 26.4. The Hall–Kier alpha value is -1.88. The van der Waals surface area contributed by atoms with E-state index in [2.05, 4.69) is 34.3 Å². The van der Waals surface area contributed by atoms with Crippen molar-refractivity contribution in [3.63, 3.8) is 0 Å². The van der Waals surface area contributed by atoms with Gasteiger partial charge < -0.3 is 14.6 Å². The predicted molar refractivity (Wildman–Crippen MR) is 127 cm³/mol. The summed E-state index contributed by atoms with van der Waals surface area (Å²) in [6.07, 6.45) is 10.9. The summed E-state index contributed by atoms with van der Waals surface area (Å²) in [5, 5.41) is 11.1. The Labute approximate surface area is 193 Å². The van der Waals surface area contributed by atoms with Crippen LogP contribution in [-0.2, 0) is 19.1 Å². The third-order valence-corrected chi connectivity index (χ3v) is 7.58. The number of carbonyl (C=O) groups is 2. The average molecular weight is 447 g/mol. The van der Waals surface area contributed by atoms with E-state index in [4.69, 9.17) is 9.47 Å². The number of esters is 2. The summed E-state index contributed by atoms with van der Waals surface area (Å²) in [7, 11) is 0. The van der Waals surface area contributed by atoms with Crippen LogP contribution in [0.1, 0.15) is 79.6 Å². The van der Waals surface area contributed by atoms with Crippen LogP contribution in [0.2, 0.25) is 0 Å². The fraction of sp³-hybridized carbons (Fsp3) is 0.704. The number of rotatable bonds is 9. The molecule has 0 saturated heterocycles. The molecular weight excluding hydrogens is 404 g/mol. The molecule has 0 aromatic rings. The molecule has 0 heterocycles. The summed E-state index contributed by atoms with van der Waals surface area (Å²) in [4.78, 5) is 24.8. The number of aliphatic hydroxyl groups is 1. The molecule has 2 aliphatic carbocycles. The Bertz CT molecular complexity index is 724. The molecule has 2 aliphatic rings. The fourth-order valence-corrected chi connectivity index (χ4v) is 5.46. The number of hydrogen-bond donors (Lipinski definition) is 1. The Morgan fingerprint density at radius 2 is 1.62 bits per heavy atom. The minimum atomic E-state index is -0.780. The number of ether oxygens (including phenoxy) is 2. The van der Waals surface area contributed by atoms with Crippen LogP contribution in [0.3, 0.4) is 0 Å². The molecule has 7 atom stereocenters. The summed E-state index contributed by atoms with van der Waals surface area (Å²) < 4.78 is 11.7. The van der Waals surface area contributed by atoms with E-state index in [1.165, 1.54) is 12.2 Å². The minimum absolute atomic E-state index is 0.00258. The molecule has 0 radical (unpaired) electrons. The second-order valence-corrected chi connectivity index (χ2v) is 9.88. The SMILES string of the molecule is C=C(C)C1CC2(C)C(C)C(OC(=O)C=CCCC)CCC2C(OC(=O)C=CCCC)C1O. The maximum Gasteiger partial charge on any atom is 0.330 e. The van der Waals surface area contributed by atoms with E-state index in [1.54, 1.807) is 0 Å². The average Bonchev–Trinajstić information content (AvgIpc) is 2.73. The highest BCUT2D eigenvalue weighted by Gasteiger charge is 2.58. The molecule has 32 heavy (non-hydrogen) atoms. The van der Waals surface area contributed by atoms with Gasteiger partial charge in [-0.1, -0.05) is 64.8 Å². The third kappa shape index (κ3) is 6.12. The summed E-state index contributed by atoms with van der Waals surface area (Å²) in [5.41, 5.74) is 0.630. The van der Waals surface area contributed by atoms with Crippen LogP contribution in [0, 0.1) is 23.2 Å². The van der Waals surface area contributed by atoms with E-state index in [1.807, 2.05) is 19.1 Å². The molecule has 0 aromatic carbocycles. The van der Waals surface area contributed by atoms with Crippen molar-refractivity contribution < 1.29 is 24.2 Å². The van der Waals surface area contributed by atoms with Crippen LogP contribution < -0.4 is 0 Å². The number of fused-ring (bicyclic) bond motifs is 1. The van der Waals surface area contributed by atoms with Crippen LogP contribution in [0.25, 0.3) is 0 Å². The minimum Gasteiger partial charge on any atom is -0.459 e. The maximum atomic E-state index is 12.5. The van der Waals surface area contributed by atoms with Crippen molar-refractivity contribution in [2.24, 2.45) is 23.2 Å². The number of carbonyl (C=O) groups excluding carboxylic acids is 2. The molecule has 5 nitrogen and oxygen atoms in total.